The van der Waals surface area contributed by atoms with Crippen molar-refractivity contribution in [2.24, 2.45) is 0 Å². The number of nitrogens with zero attached hydrogens (tertiary/aromatic N) is 4. The largest absolute Gasteiger partial charge is 0.367 e. The molecule has 1 aromatic carbocycles. The van der Waals surface area contributed by atoms with Crippen molar-refractivity contribution in [3.05, 3.63) is 53.9 Å². The summed E-state index contributed by atoms with van der Waals surface area (Å²) in [5, 5.41) is 0. The molecular weight excluding hydrogens is 340 g/mol. The fourth-order valence-corrected chi connectivity index (χ4v) is 3.36. The molecule has 3 rings (SSSR count). The van der Waals surface area contributed by atoms with Gasteiger partial charge in [-0.05, 0) is 43.7 Å². The molecule has 27 heavy (non-hydrogen) atoms. The van der Waals surface area contributed by atoms with Crippen LogP contribution in [0.25, 0.3) is 0 Å². The van der Waals surface area contributed by atoms with E-state index < -0.39 is 0 Å². The summed E-state index contributed by atoms with van der Waals surface area (Å²) in [5.41, 5.74) is 3.42. The second-order valence-electron chi connectivity index (χ2n) is 6.78. The van der Waals surface area contributed by atoms with Crippen molar-refractivity contribution in [2.45, 2.75) is 20.8 Å². The molecular formula is C21H26N4O2. The van der Waals surface area contributed by atoms with E-state index in [0.717, 1.165) is 30.0 Å². The molecule has 1 aliphatic rings. The molecule has 1 saturated heterocycles. The van der Waals surface area contributed by atoms with Gasteiger partial charge in [-0.15, -0.1) is 0 Å². The van der Waals surface area contributed by atoms with Crippen molar-refractivity contribution in [2.75, 3.05) is 42.5 Å². The van der Waals surface area contributed by atoms with E-state index in [1.807, 2.05) is 49.1 Å². The van der Waals surface area contributed by atoms with E-state index in [2.05, 4.69) is 9.88 Å². The van der Waals surface area contributed by atoms with Gasteiger partial charge in [0.1, 0.15) is 5.69 Å². The predicted octanol–water partition coefficient (Wildman–Crippen LogP) is 2.73. The van der Waals surface area contributed by atoms with Gasteiger partial charge in [-0.2, -0.15) is 0 Å². The van der Waals surface area contributed by atoms with Gasteiger partial charge < -0.3 is 14.7 Å². The van der Waals surface area contributed by atoms with Gasteiger partial charge in [-0.25, -0.2) is 4.98 Å². The molecule has 0 bridgehead atoms. The van der Waals surface area contributed by atoms with E-state index >= 15 is 0 Å². The van der Waals surface area contributed by atoms with Crippen molar-refractivity contribution in [1.29, 1.82) is 0 Å². The van der Waals surface area contributed by atoms with Crippen LogP contribution in [0, 0.1) is 6.92 Å². The molecule has 1 aromatic heterocycles. The molecule has 0 spiro atoms. The molecule has 2 amide bonds. The van der Waals surface area contributed by atoms with Crippen LogP contribution in [0.3, 0.4) is 0 Å². The fourth-order valence-electron chi connectivity index (χ4n) is 3.36. The van der Waals surface area contributed by atoms with Crippen molar-refractivity contribution in [1.82, 2.24) is 9.88 Å². The summed E-state index contributed by atoms with van der Waals surface area (Å²) in [6.45, 7) is 9.14. The van der Waals surface area contributed by atoms with Gasteiger partial charge in [0.15, 0.2) is 0 Å². The highest BCUT2D eigenvalue weighted by Gasteiger charge is 2.21. The molecule has 2 aromatic rings. The van der Waals surface area contributed by atoms with Gasteiger partial charge >= 0.3 is 0 Å². The Bertz CT molecular complexity index is 811. The van der Waals surface area contributed by atoms with E-state index in [1.54, 1.807) is 24.1 Å². The highest BCUT2D eigenvalue weighted by atomic mass is 16.2. The summed E-state index contributed by atoms with van der Waals surface area (Å²) in [7, 11) is 0. The average molecular weight is 366 g/mol. The van der Waals surface area contributed by atoms with Crippen molar-refractivity contribution in [3.8, 4) is 0 Å². The molecule has 0 saturated carbocycles. The zero-order chi connectivity index (χ0) is 19.4. The Morgan fingerprint density at radius 3 is 2.41 bits per heavy atom. The van der Waals surface area contributed by atoms with E-state index in [-0.39, 0.29) is 11.8 Å². The number of carbonyl (C=O) groups is 2. The quantitative estimate of drug-likeness (QED) is 0.835. The summed E-state index contributed by atoms with van der Waals surface area (Å²) in [4.78, 5) is 34.5. The van der Waals surface area contributed by atoms with Crippen LogP contribution in [-0.2, 0) is 4.79 Å². The predicted molar refractivity (Wildman–Crippen MR) is 107 cm³/mol. The van der Waals surface area contributed by atoms with Crippen molar-refractivity contribution in [3.63, 3.8) is 0 Å². The Labute approximate surface area is 160 Å². The second kappa shape index (κ2) is 8.20. The maximum absolute atomic E-state index is 12.9. The number of carbonyl (C=O) groups excluding carboxylic acids is 2. The standard InChI is InChI=1S/C21H26N4O2/c1-4-25(18-7-5-6-16(2)14-18)21(27)20-9-8-19(15-22-20)24-12-10-23(11-13-24)17(3)26/h5-9,14-15H,4,10-13H2,1-3H3. The number of aromatic nitrogens is 1. The number of anilines is 2. The highest BCUT2D eigenvalue weighted by molar-refractivity contribution is 6.04. The molecule has 2 heterocycles. The first-order chi connectivity index (χ1) is 13.0. The fraction of sp³-hybridized carbons (Fsp3) is 0.381. The highest BCUT2D eigenvalue weighted by Crippen LogP contribution is 2.20. The van der Waals surface area contributed by atoms with Gasteiger partial charge in [0.05, 0.1) is 11.9 Å². The van der Waals surface area contributed by atoms with Gasteiger partial charge in [-0.1, -0.05) is 12.1 Å². The molecule has 0 unspecified atom stereocenters. The number of aryl methyl sites for hydroxylation is 1. The minimum atomic E-state index is -0.101. The molecule has 1 fully saturated rings. The maximum Gasteiger partial charge on any atom is 0.276 e. The van der Waals surface area contributed by atoms with Crippen molar-refractivity contribution >= 4 is 23.2 Å². The van der Waals surface area contributed by atoms with Crippen LogP contribution in [0.2, 0.25) is 0 Å². The zero-order valence-electron chi connectivity index (χ0n) is 16.2. The summed E-state index contributed by atoms with van der Waals surface area (Å²) in [6.07, 6.45) is 1.75. The number of hydrogen-bond donors (Lipinski definition) is 0. The van der Waals surface area contributed by atoms with Crippen LogP contribution < -0.4 is 9.80 Å². The Kier molecular flexibility index (Phi) is 5.74. The van der Waals surface area contributed by atoms with Crippen LogP contribution in [0.15, 0.2) is 42.6 Å². The summed E-state index contributed by atoms with van der Waals surface area (Å²) in [5.74, 6) is 0.0144. The van der Waals surface area contributed by atoms with Crippen LogP contribution >= 0.6 is 0 Å². The normalized spacial score (nSPS) is 14.2. The lowest BCUT2D eigenvalue weighted by Gasteiger charge is -2.35. The van der Waals surface area contributed by atoms with Gasteiger partial charge in [0.2, 0.25) is 5.91 Å². The molecule has 6 nitrogen and oxygen atoms in total. The topological polar surface area (TPSA) is 56.8 Å². The Hall–Kier alpha value is -2.89. The minimum absolute atomic E-state index is 0.101. The number of rotatable bonds is 4. The number of amides is 2. The molecule has 142 valence electrons. The van der Waals surface area contributed by atoms with Gasteiger partial charge in [0.25, 0.3) is 5.91 Å². The van der Waals surface area contributed by atoms with E-state index in [4.69, 9.17) is 0 Å². The van der Waals surface area contributed by atoms with Crippen LogP contribution in [0.1, 0.15) is 29.9 Å². The Balaban J connectivity index is 1.71. The lowest BCUT2D eigenvalue weighted by Crippen LogP contribution is -2.48. The van der Waals surface area contributed by atoms with Crippen LogP contribution in [0.4, 0.5) is 11.4 Å². The first-order valence-electron chi connectivity index (χ1n) is 9.34. The van der Waals surface area contributed by atoms with E-state index in [1.165, 1.54) is 0 Å². The third kappa shape index (κ3) is 4.27. The van der Waals surface area contributed by atoms with E-state index in [9.17, 15) is 9.59 Å². The maximum atomic E-state index is 12.9. The summed E-state index contributed by atoms with van der Waals surface area (Å²) < 4.78 is 0. The van der Waals surface area contributed by atoms with Crippen LogP contribution in [0.5, 0.6) is 0 Å². The summed E-state index contributed by atoms with van der Waals surface area (Å²) >= 11 is 0. The van der Waals surface area contributed by atoms with Crippen LogP contribution in [-0.4, -0.2) is 54.4 Å². The smallest absolute Gasteiger partial charge is 0.276 e. The Morgan fingerprint density at radius 1 is 1.11 bits per heavy atom. The number of piperazine rings is 1. The number of pyridine rings is 1. The third-order valence-corrected chi connectivity index (χ3v) is 4.93. The number of hydrogen-bond acceptors (Lipinski definition) is 4. The molecule has 0 atom stereocenters. The average Bonchev–Trinajstić information content (AvgIpc) is 2.69. The number of benzene rings is 1. The Morgan fingerprint density at radius 2 is 1.85 bits per heavy atom. The lowest BCUT2D eigenvalue weighted by atomic mass is 10.2. The second-order valence-corrected chi connectivity index (χ2v) is 6.78. The molecule has 0 N–H and O–H groups in total. The molecule has 1 aliphatic heterocycles. The SMILES string of the molecule is CCN(C(=O)c1ccc(N2CCN(C(C)=O)CC2)cn1)c1cccc(C)c1. The van der Waals surface area contributed by atoms with E-state index in [0.29, 0.717) is 25.3 Å². The zero-order valence-corrected chi connectivity index (χ0v) is 16.2. The first-order valence-corrected chi connectivity index (χ1v) is 9.34. The monoisotopic (exact) mass is 366 g/mol. The summed E-state index contributed by atoms with van der Waals surface area (Å²) in [6, 6.07) is 11.6. The van der Waals surface area contributed by atoms with Crippen molar-refractivity contribution < 1.29 is 9.59 Å². The molecule has 0 aliphatic carbocycles. The first kappa shape index (κ1) is 18.9. The third-order valence-electron chi connectivity index (χ3n) is 4.93. The molecule has 0 radical (unpaired) electrons. The molecule has 6 heteroatoms. The van der Waals surface area contributed by atoms with Gasteiger partial charge in [-0.3, -0.25) is 9.59 Å². The van der Waals surface area contributed by atoms with Gasteiger partial charge in [0, 0.05) is 45.3 Å². The minimum Gasteiger partial charge on any atom is -0.367 e. The lowest BCUT2D eigenvalue weighted by molar-refractivity contribution is -0.129.